The molecule has 0 radical (unpaired) electrons. The van der Waals surface area contributed by atoms with Gasteiger partial charge in [0.1, 0.15) is 0 Å². The minimum absolute atomic E-state index is 0.639. The van der Waals surface area contributed by atoms with Gasteiger partial charge in [-0.1, -0.05) is 6.92 Å². The van der Waals surface area contributed by atoms with Crippen molar-refractivity contribution in [3.05, 3.63) is 0 Å². The van der Waals surface area contributed by atoms with Crippen LogP contribution >= 0.6 is 0 Å². The van der Waals surface area contributed by atoms with Gasteiger partial charge in [-0.3, -0.25) is 4.84 Å². The molecule has 0 saturated carbocycles. The Morgan fingerprint density at radius 3 is 2.67 bits per heavy atom. The fourth-order valence-corrected chi connectivity index (χ4v) is 1.90. The Morgan fingerprint density at radius 1 is 1.27 bits per heavy atom. The van der Waals surface area contributed by atoms with Gasteiger partial charge in [0.2, 0.25) is 0 Å². The molecule has 0 aliphatic carbocycles. The van der Waals surface area contributed by atoms with Crippen LogP contribution in [-0.4, -0.2) is 37.8 Å². The third-order valence-electron chi connectivity index (χ3n) is 2.62. The summed E-state index contributed by atoms with van der Waals surface area (Å²) in [6, 6.07) is 0. The van der Waals surface area contributed by atoms with Crippen molar-refractivity contribution in [2.45, 2.75) is 45.4 Å². The van der Waals surface area contributed by atoms with Gasteiger partial charge in [-0.2, -0.15) is 0 Å². The molecule has 0 amide bonds. The summed E-state index contributed by atoms with van der Waals surface area (Å²) in [7, 11) is 1.68. The number of nitrogens with zero attached hydrogens (tertiary/aromatic N) is 1. The van der Waals surface area contributed by atoms with E-state index in [0.717, 1.165) is 38.8 Å². The lowest BCUT2D eigenvalue weighted by molar-refractivity contribution is -0.411. The summed E-state index contributed by atoms with van der Waals surface area (Å²) < 4.78 is 11.2. The van der Waals surface area contributed by atoms with Crippen LogP contribution in [0, 0.1) is 0 Å². The fourth-order valence-electron chi connectivity index (χ4n) is 1.90. The van der Waals surface area contributed by atoms with E-state index in [-0.39, 0.29) is 0 Å². The second kappa shape index (κ2) is 6.43. The highest BCUT2D eigenvalue weighted by molar-refractivity contribution is 4.72. The molecule has 4 nitrogen and oxygen atoms in total. The van der Waals surface area contributed by atoms with E-state index in [0.29, 0.717) is 6.61 Å². The number of piperidine rings is 1. The molecule has 15 heavy (non-hydrogen) atoms. The predicted octanol–water partition coefficient (Wildman–Crippen LogP) is 2.15. The van der Waals surface area contributed by atoms with Crippen molar-refractivity contribution < 1.29 is 14.3 Å². The molecule has 0 aromatic carbocycles. The molecular formula is C11H23NO3. The van der Waals surface area contributed by atoms with Crippen molar-refractivity contribution >= 4 is 0 Å². The molecule has 0 aromatic rings. The van der Waals surface area contributed by atoms with E-state index in [1.807, 2.05) is 12.0 Å². The quantitative estimate of drug-likeness (QED) is 0.638. The first-order valence-corrected chi connectivity index (χ1v) is 5.88. The molecule has 1 heterocycles. The Morgan fingerprint density at radius 2 is 2.07 bits per heavy atom. The third-order valence-corrected chi connectivity index (χ3v) is 2.62. The second-order valence-corrected chi connectivity index (χ2v) is 3.74. The van der Waals surface area contributed by atoms with Crippen LogP contribution in [0.5, 0.6) is 0 Å². The molecule has 1 unspecified atom stereocenters. The highest BCUT2D eigenvalue weighted by Crippen LogP contribution is 2.30. The maximum atomic E-state index is 5.71. The van der Waals surface area contributed by atoms with Gasteiger partial charge < -0.3 is 9.47 Å². The Labute approximate surface area is 92.4 Å². The maximum Gasteiger partial charge on any atom is 0.251 e. The minimum atomic E-state index is -0.651. The van der Waals surface area contributed by atoms with Crippen molar-refractivity contribution in [2.24, 2.45) is 0 Å². The SMILES string of the molecule is CCCON1CCCCC1(OC)OCC. The fraction of sp³-hybridized carbons (Fsp3) is 1.00. The van der Waals surface area contributed by atoms with Crippen LogP contribution in [-0.2, 0) is 14.3 Å². The van der Waals surface area contributed by atoms with E-state index in [9.17, 15) is 0 Å². The average molecular weight is 217 g/mol. The summed E-state index contributed by atoms with van der Waals surface area (Å²) in [5.74, 6) is -0.651. The number of hydrogen-bond acceptors (Lipinski definition) is 4. The van der Waals surface area contributed by atoms with E-state index in [2.05, 4.69) is 6.92 Å². The lowest BCUT2D eigenvalue weighted by Crippen LogP contribution is -2.55. The van der Waals surface area contributed by atoms with Crippen LogP contribution < -0.4 is 0 Å². The number of hydrogen-bond donors (Lipinski definition) is 0. The first-order valence-electron chi connectivity index (χ1n) is 5.88. The third kappa shape index (κ3) is 3.14. The molecule has 0 spiro atoms. The van der Waals surface area contributed by atoms with Crippen LogP contribution in [0.3, 0.4) is 0 Å². The zero-order chi connectivity index (χ0) is 11.1. The summed E-state index contributed by atoms with van der Waals surface area (Å²) in [5.41, 5.74) is 0. The number of methoxy groups -OCH3 is 1. The smallest absolute Gasteiger partial charge is 0.251 e. The molecule has 1 aliphatic heterocycles. The second-order valence-electron chi connectivity index (χ2n) is 3.74. The zero-order valence-electron chi connectivity index (χ0n) is 10.1. The average Bonchev–Trinajstić information content (AvgIpc) is 2.28. The van der Waals surface area contributed by atoms with Gasteiger partial charge in [0.25, 0.3) is 5.91 Å². The van der Waals surface area contributed by atoms with E-state index in [1.54, 1.807) is 7.11 Å². The molecule has 1 fully saturated rings. The van der Waals surface area contributed by atoms with E-state index >= 15 is 0 Å². The van der Waals surface area contributed by atoms with E-state index in [1.165, 1.54) is 0 Å². The molecule has 1 rings (SSSR count). The van der Waals surface area contributed by atoms with Crippen LogP contribution in [0.4, 0.5) is 0 Å². The van der Waals surface area contributed by atoms with Crippen molar-refractivity contribution in [3.8, 4) is 0 Å². The van der Waals surface area contributed by atoms with Crippen LogP contribution in [0.2, 0.25) is 0 Å². The number of hydroxylamine groups is 2. The van der Waals surface area contributed by atoms with Crippen LogP contribution in [0.25, 0.3) is 0 Å². The molecule has 0 N–H and O–H groups in total. The zero-order valence-corrected chi connectivity index (χ0v) is 10.1. The van der Waals surface area contributed by atoms with Gasteiger partial charge in [-0.05, 0) is 26.2 Å². The van der Waals surface area contributed by atoms with Gasteiger partial charge >= 0.3 is 0 Å². The van der Waals surface area contributed by atoms with Crippen molar-refractivity contribution in [1.29, 1.82) is 0 Å². The molecule has 1 atom stereocenters. The Hall–Kier alpha value is -0.160. The van der Waals surface area contributed by atoms with E-state index in [4.69, 9.17) is 14.3 Å². The standard InChI is InChI=1S/C11H23NO3/c1-4-10-15-12-9-7-6-8-11(12,13-3)14-5-2/h4-10H2,1-3H3. The predicted molar refractivity (Wildman–Crippen MR) is 58.2 cm³/mol. The largest absolute Gasteiger partial charge is 0.339 e. The molecule has 1 saturated heterocycles. The number of ether oxygens (including phenoxy) is 2. The van der Waals surface area contributed by atoms with Crippen molar-refractivity contribution in [1.82, 2.24) is 5.06 Å². The molecule has 4 heteroatoms. The molecule has 1 aliphatic rings. The minimum Gasteiger partial charge on any atom is -0.339 e. The van der Waals surface area contributed by atoms with Gasteiger partial charge in [-0.15, -0.1) is 5.06 Å². The first kappa shape index (κ1) is 12.9. The van der Waals surface area contributed by atoms with Crippen molar-refractivity contribution in [2.75, 3.05) is 26.9 Å². The monoisotopic (exact) mass is 217 g/mol. The van der Waals surface area contributed by atoms with Crippen LogP contribution in [0.1, 0.15) is 39.5 Å². The first-order chi connectivity index (χ1) is 7.29. The molecule has 90 valence electrons. The number of rotatable bonds is 6. The molecule has 0 bridgehead atoms. The summed E-state index contributed by atoms with van der Waals surface area (Å²) in [6.07, 6.45) is 4.14. The Bertz CT molecular complexity index is 173. The molecule has 0 aromatic heterocycles. The topological polar surface area (TPSA) is 30.9 Å². The summed E-state index contributed by atoms with van der Waals surface area (Å²) in [5, 5.41) is 1.86. The Balaban J connectivity index is 2.60. The summed E-state index contributed by atoms with van der Waals surface area (Å²) >= 11 is 0. The van der Waals surface area contributed by atoms with Gasteiger partial charge in [-0.25, -0.2) is 0 Å². The van der Waals surface area contributed by atoms with Crippen LogP contribution in [0.15, 0.2) is 0 Å². The van der Waals surface area contributed by atoms with Crippen molar-refractivity contribution in [3.63, 3.8) is 0 Å². The summed E-state index contributed by atoms with van der Waals surface area (Å²) in [4.78, 5) is 5.67. The maximum absolute atomic E-state index is 5.71. The molecular weight excluding hydrogens is 194 g/mol. The van der Waals surface area contributed by atoms with E-state index < -0.39 is 5.91 Å². The van der Waals surface area contributed by atoms with Gasteiger partial charge in [0.05, 0.1) is 6.61 Å². The lowest BCUT2D eigenvalue weighted by atomic mass is 10.1. The summed E-state index contributed by atoms with van der Waals surface area (Å²) in [6.45, 7) is 6.32. The normalized spacial score (nSPS) is 28.2. The lowest BCUT2D eigenvalue weighted by Gasteiger charge is -2.43. The van der Waals surface area contributed by atoms with Gasteiger partial charge in [0, 0.05) is 26.7 Å². The highest BCUT2D eigenvalue weighted by Gasteiger charge is 2.41. The Kier molecular flexibility index (Phi) is 5.53. The highest BCUT2D eigenvalue weighted by atomic mass is 16.8. The van der Waals surface area contributed by atoms with Gasteiger partial charge in [0.15, 0.2) is 0 Å².